The lowest BCUT2D eigenvalue weighted by molar-refractivity contribution is -0.161. The zero-order valence-corrected chi connectivity index (χ0v) is 66.2. The van der Waals surface area contributed by atoms with Gasteiger partial charge in [0.2, 0.25) is 0 Å². The minimum atomic E-state index is -4.97. The Labute approximate surface area is 605 Å². The van der Waals surface area contributed by atoms with E-state index in [0.717, 1.165) is 127 Å². The summed E-state index contributed by atoms with van der Waals surface area (Å²) in [6.45, 7) is 11.8. The van der Waals surface area contributed by atoms with Gasteiger partial charge < -0.3 is 33.8 Å². The molecule has 0 aromatic carbocycles. The smallest absolute Gasteiger partial charge is 0.462 e. The molecule has 0 amide bonds. The topological polar surface area (TPSA) is 237 Å². The van der Waals surface area contributed by atoms with Crippen LogP contribution in [0.3, 0.4) is 0 Å². The van der Waals surface area contributed by atoms with Crippen LogP contribution in [0.25, 0.3) is 0 Å². The van der Waals surface area contributed by atoms with Gasteiger partial charge in [-0.1, -0.05) is 336 Å². The Kier molecular flexibility index (Phi) is 68.1. The Bertz CT molecular complexity index is 2020. The van der Waals surface area contributed by atoms with Crippen molar-refractivity contribution in [1.82, 2.24) is 0 Å². The lowest BCUT2D eigenvalue weighted by atomic mass is 10.0. The van der Waals surface area contributed by atoms with Gasteiger partial charge in [0, 0.05) is 25.7 Å². The van der Waals surface area contributed by atoms with E-state index in [1.165, 1.54) is 173 Å². The molecule has 3 unspecified atom stereocenters. The number of ether oxygens (including phenoxy) is 4. The molecule has 99 heavy (non-hydrogen) atoms. The summed E-state index contributed by atoms with van der Waals surface area (Å²) in [4.78, 5) is 72.9. The maximum atomic E-state index is 13.1. The van der Waals surface area contributed by atoms with Crippen molar-refractivity contribution in [3.05, 3.63) is 24.3 Å². The van der Waals surface area contributed by atoms with Crippen molar-refractivity contribution in [2.24, 2.45) is 17.8 Å². The van der Waals surface area contributed by atoms with Crippen LogP contribution in [0, 0.1) is 17.8 Å². The monoisotopic (exact) mass is 1450 g/mol. The molecular weight excluding hydrogens is 1290 g/mol. The molecule has 0 saturated carbocycles. The maximum Gasteiger partial charge on any atom is 0.472 e. The van der Waals surface area contributed by atoms with Gasteiger partial charge in [-0.15, -0.1) is 0 Å². The highest BCUT2D eigenvalue weighted by atomic mass is 31.2. The van der Waals surface area contributed by atoms with Crippen molar-refractivity contribution < 1.29 is 80.2 Å². The molecule has 0 aromatic rings. The van der Waals surface area contributed by atoms with Crippen LogP contribution in [-0.2, 0) is 65.4 Å². The predicted octanol–water partition coefficient (Wildman–Crippen LogP) is 23.3. The molecule has 0 rings (SSSR count). The lowest BCUT2D eigenvalue weighted by Gasteiger charge is -2.21. The fraction of sp³-hybridized carbons (Fsp3) is 0.900. The number of carbonyl (C=O) groups is 4. The number of unbranched alkanes of at least 4 members (excludes halogenated alkanes) is 41. The van der Waals surface area contributed by atoms with E-state index in [1.807, 2.05) is 0 Å². The van der Waals surface area contributed by atoms with Crippen molar-refractivity contribution in [1.29, 1.82) is 0 Å². The maximum absolute atomic E-state index is 13.1. The van der Waals surface area contributed by atoms with Gasteiger partial charge in [-0.2, -0.15) is 0 Å². The third-order valence-corrected chi connectivity index (χ3v) is 19.9. The average molecular weight is 1450 g/mol. The highest BCUT2D eigenvalue weighted by Crippen LogP contribution is 2.45. The van der Waals surface area contributed by atoms with Crippen molar-refractivity contribution in [3.63, 3.8) is 0 Å². The van der Waals surface area contributed by atoms with Crippen molar-refractivity contribution in [3.8, 4) is 0 Å². The number of aliphatic hydroxyl groups is 1. The second-order valence-electron chi connectivity index (χ2n) is 29.5. The van der Waals surface area contributed by atoms with Crippen LogP contribution in [0.1, 0.15) is 389 Å². The number of aliphatic hydroxyl groups excluding tert-OH is 1. The first kappa shape index (κ1) is 96.5. The molecule has 0 aliphatic carbocycles. The SMILES string of the molecule is CCCCCC/C=C\C=C/CCCCCCCC(=O)OC[C@H](COP(=O)(O)OCC(O)COP(=O)(O)OC[C@@H](COC(=O)CCCCCCCCC(C)C)OC(=O)CCCCCCCCCCCCCCCCCCC(C)C)OC(=O)CCCCCCCCCCCCCCCC(C)C. The molecule has 19 heteroatoms. The molecule has 0 aliphatic rings. The first-order valence-electron chi connectivity index (χ1n) is 40.7. The zero-order valence-electron chi connectivity index (χ0n) is 64.4. The normalized spacial score (nSPS) is 14.2. The van der Waals surface area contributed by atoms with E-state index in [0.29, 0.717) is 31.6 Å². The van der Waals surface area contributed by atoms with E-state index in [4.69, 9.17) is 37.0 Å². The van der Waals surface area contributed by atoms with Gasteiger partial charge in [0.15, 0.2) is 12.2 Å². The van der Waals surface area contributed by atoms with Crippen molar-refractivity contribution >= 4 is 39.5 Å². The molecule has 0 aromatic heterocycles. The van der Waals surface area contributed by atoms with Crippen LogP contribution in [0.5, 0.6) is 0 Å². The van der Waals surface area contributed by atoms with E-state index in [-0.39, 0.29) is 25.7 Å². The Balaban J connectivity index is 5.25. The summed E-state index contributed by atoms with van der Waals surface area (Å²) in [6, 6.07) is 0. The first-order valence-corrected chi connectivity index (χ1v) is 43.7. The van der Waals surface area contributed by atoms with Gasteiger partial charge in [-0.3, -0.25) is 37.3 Å². The molecule has 17 nitrogen and oxygen atoms in total. The van der Waals surface area contributed by atoms with Gasteiger partial charge in [-0.25, -0.2) is 9.13 Å². The van der Waals surface area contributed by atoms with Crippen LogP contribution in [0.2, 0.25) is 0 Å². The Hall–Kier alpha value is -2.46. The summed E-state index contributed by atoms with van der Waals surface area (Å²) < 4.78 is 68.6. The number of allylic oxidation sites excluding steroid dienone is 4. The number of hydrogen-bond acceptors (Lipinski definition) is 15. The molecule has 3 N–H and O–H groups in total. The molecule has 0 radical (unpaired) electrons. The number of carbonyl (C=O) groups excluding carboxylic acids is 4. The van der Waals surface area contributed by atoms with E-state index in [9.17, 15) is 43.2 Å². The fourth-order valence-corrected chi connectivity index (χ4v) is 13.3. The molecule has 0 bridgehead atoms. The first-order chi connectivity index (χ1) is 47.7. The van der Waals surface area contributed by atoms with Gasteiger partial charge in [0.05, 0.1) is 26.4 Å². The third-order valence-electron chi connectivity index (χ3n) is 18.0. The van der Waals surface area contributed by atoms with Gasteiger partial charge >= 0.3 is 39.5 Å². The molecule has 0 aliphatic heterocycles. The Morgan fingerprint density at radius 3 is 0.818 bits per heavy atom. The van der Waals surface area contributed by atoms with Crippen molar-refractivity contribution in [2.45, 2.75) is 407 Å². The minimum absolute atomic E-state index is 0.100. The van der Waals surface area contributed by atoms with Crippen LogP contribution in [0.4, 0.5) is 0 Å². The summed E-state index contributed by atoms with van der Waals surface area (Å²) in [5.74, 6) is 0.125. The number of hydrogen-bond donors (Lipinski definition) is 3. The molecule has 5 atom stereocenters. The summed E-state index contributed by atoms with van der Waals surface area (Å²) >= 11 is 0. The number of phosphoric ester groups is 2. The molecule has 0 spiro atoms. The summed E-state index contributed by atoms with van der Waals surface area (Å²) in [5.41, 5.74) is 0. The number of phosphoric acid groups is 2. The van der Waals surface area contributed by atoms with Crippen LogP contribution in [-0.4, -0.2) is 96.7 Å². The third kappa shape index (κ3) is 73.6. The highest BCUT2D eigenvalue weighted by Gasteiger charge is 2.30. The zero-order chi connectivity index (χ0) is 73.0. The fourth-order valence-electron chi connectivity index (χ4n) is 11.8. The van der Waals surface area contributed by atoms with Crippen LogP contribution in [0.15, 0.2) is 24.3 Å². The van der Waals surface area contributed by atoms with Crippen molar-refractivity contribution in [2.75, 3.05) is 39.6 Å². The van der Waals surface area contributed by atoms with E-state index < -0.39 is 97.5 Å². The standard InChI is InChI=1S/C80H152O17P2/c1-8-9-10-11-12-13-14-15-18-24-29-34-39-47-54-61-77(82)90-67-75(96-79(84)64-57-50-41-36-31-26-21-23-28-33-38-45-52-59-72(4)5)69-94-98(86,87)92-65-74(81)66-93-99(88,89)95-70-76(68-91-78(83)62-55-48-43-42-46-53-60-73(6)7)97-80(85)63-56-49-40-35-30-25-20-17-16-19-22-27-32-37-44-51-58-71(2)3/h13-15,18,71-76,81H,8-12,16-17,19-70H2,1-7H3,(H,86,87)(H,88,89)/b14-13-,18-15-/t74?,75-,76-/m1/s1. The summed E-state index contributed by atoms with van der Waals surface area (Å²) in [6.07, 6.45) is 60.6. The van der Waals surface area contributed by atoms with Crippen LogP contribution >= 0.6 is 15.6 Å². The van der Waals surface area contributed by atoms with Gasteiger partial charge in [0.1, 0.15) is 19.3 Å². The molecule has 0 fully saturated rings. The van der Waals surface area contributed by atoms with E-state index >= 15 is 0 Å². The van der Waals surface area contributed by atoms with E-state index in [1.54, 1.807) is 0 Å². The minimum Gasteiger partial charge on any atom is -0.462 e. The second-order valence-corrected chi connectivity index (χ2v) is 32.5. The average Bonchev–Trinajstić information content (AvgIpc) is 1.07. The quantitative estimate of drug-likeness (QED) is 0.0169. The number of rotatable bonds is 76. The summed E-state index contributed by atoms with van der Waals surface area (Å²) in [7, 11) is -9.93. The highest BCUT2D eigenvalue weighted by molar-refractivity contribution is 7.47. The molecule has 584 valence electrons. The molecule has 0 saturated heterocycles. The predicted molar refractivity (Wildman–Crippen MR) is 404 cm³/mol. The number of esters is 4. The molecule has 0 heterocycles. The van der Waals surface area contributed by atoms with Gasteiger partial charge in [0.25, 0.3) is 0 Å². The second kappa shape index (κ2) is 69.9. The van der Waals surface area contributed by atoms with Crippen LogP contribution < -0.4 is 0 Å². The largest absolute Gasteiger partial charge is 0.472 e. The lowest BCUT2D eigenvalue weighted by Crippen LogP contribution is -2.30. The molecular formula is C80H152O17P2. The van der Waals surface area contributed by atoms with Gasteiger partial charge in [-0.05, 0) is 69.1 Å². The Morgan fingerprint density at radius 1 is 0.313 bits per heavy atom. The van der Waals surface area contributed by atoms with E-state index in [2.05, 4.69) is 72.8 Å². The summed E-state index contributed by atoms with van der Waals surface area (Å²) in [5, 5.41) is 10.6. The Morgan fingerprint density at radius 2 is 0.545 bits per heavy atom.